The van der Waals surface area contributed by atoms with Crippen LogP contribution in [0.15, 0.2) is 35.0 Å². The third-order valence-corrected chi connectivity index (χ3v) is 4.87. The van der Waals surface area contributed by atoms with Gasteiger partial charge in [-0.15, -0.1) is 0 Å². The topological polar surface area (TPSA) is 75.9 Å². The molecule has 25 heavy (non-hydrogen) atoms. The third-order valence-electron chi connectivity index (χ3n) is 4.87. The van der Waals surface area contributed by atoms with Gasteiger partial charge in [-0.25, -0.2) is 0 Å². The second-order valence-corrected chi connectivity index (χ2v) is 6.39. The number of hydrogen-bond donors (Lipinski definition) is 0. The molecule has 1 saturated heterocycles. The molecule has 0 N–H and O–H groups in total. The maximum atomic E-state index is 12.8. The van der Waals surface area contributed by atoms with Crippen LogP contribution in [0, 0.1) is 5.92 Å². The summed E-state index contributed by atoms with van der Waals surface area (Å²) in [5.74, 6) is 1.28. The minimum atomic E-state index is -0.309. The lowest BCUT2D eigenvalue weighted by Gasteiger charge is -2.28. The third kappa shape index (κ3) is 2.86. The van der Waals surface area contributed by atoms with E-state index in [0.29, 0.717) is 26.1 Å². The van der Waals surface area contributed by atoms with Gasteiger partial charge in [-0.2, -0.15) is 0 Å². The van der Waals surface area contributed by atoms with Crippen LogP contribution in [0.5, 0.6) is 5.75 Å². The van der Waals surface area contributed by atoms with Crippen molar-refractivity contribution in [3.63, 3.8) is 0 Å². The van der Waals surface area contributed by atoms with E-state index in [1.165, 1.54) is 0 Å². The van der Waals surface area contributed by atoms with Crippen molar-refractivity contribution in [3.8, 4) is 5.75 Å². The van der Waals surface area contributed by atoms with Crippen molar-refractivity contribution in [2.24, 2.45) is 5.92 Å². The minimum absolute atomic E-state index is 0.0220. The van der Waals surface area contributed by atoms with Crippen LogP contribution < -0.4 is 9.64 Å². The highest BCUT2D eigenvalue weighted by Crippen LogP contribution is 2.29. The van der Waals surface area contributed by atoms with E-state index < -0.39 is 0 Å². The summed E-state index contributed by atoms with van der Waals surface area (Å²) >= 11 is 0. The van der Waals surface area contributed by atoms with Crippen LogP contribution in [0.25, 0.3) is 0 Å². The normalized spacial score (nSPS) is 19.9. The van der Waals surface area contributed by atoms with E-state index in [1.54, 1.807) is 23.1 Å². The Kier molecular flexibility index (Phi) is 3.91. The fourth-order valence-corrected chi connectivity index (χ4v) is 3.47. The van der Waals surface area contributed by atoms with Gasteiger partial charge in [0.2, 0.25) is 11.8 Å². The number of nitrogens with zero attached hydrogens (tertiary/aromatic N) is 3. The van der Waals surface area contributed by atoms with Crippen molar-refractivity contribution in [2.45, 2.75) is 19.4 Å². The number of aromatic nitrogens is 1. The second kappa shape index (κ2) is 6.23. The molecule has 2 aliphatic heterocycles. The SMILES string of the molecule is COc1ccc(N2CC(C(=O)N3CCc4oncc4C3)CC2=O)cc1. The smallest absolute Gasteiger partial charge is 0.228 e. The molecule has 4 rings (SSSR count). The largest absolute Gasteiger partial charge is 0.497 e. The molecule has 7 heteroatoms. The number of anilines is 1. The number of ether oxygens (including phenoxy) is 1. The summed E-state index contributed by atoms with van der Waals surface area (Å²) in [7, 11) is 1.60. The summed E-state index contributed by atoms with van der Waals surface area (Å²) in [5, 5.41) is 3.79. The van der Waals surface area contributed by atoms with Crippen molar-refractivity contribution < 1.29 is 18.8 Å². The Bertz CT molecular complexity index is 799. The molecule has 7 nitrogen and oxygen atoms in total. The van der Waals surface area contributed by atoms with Crippen LogP contribution in [0.3, 0.4) is 0 Å². The standard InChI is InChI=1S/C18H19N3O4/c1-24-15-4-2-14(3-5-15)21-11-12(8-17(21)22)18(23)20-7-6-16-13(10-20)9-19-25-16/h2-5,9,12H,6-8,10-11H2,1H3. The lowest BCUT2D eigenvalue weighted by molar-refractivity contribution is -0.136. The van der Waals surface area contributed by atoms with Gasteiger partial charge in [-0.3, -0.25) is 9.59 Å². The summed E-state index contributed by atoms with van der Waals surface area (Å²) in [6, 6.07) is 7.31. The molecule has 2 aliphatic rings. The van der Waals surface area contributed by atoms with Crippen LogP contribution in [-0.4, -0.2) is 42.1 Å². The zero-order valence-corrected chi connectivity index (χ0v) is 14.0. The Balaban J connectivity index is 1.45. The Hall–Kier alpha value is -2.83. The molecule has 2 aromatic rings. The Labute approximate surface area is 145 Å². The van der Waals surface area contributed by atoms with E-state index in [1.807, 2.05) is 24.3 Å². The molecule has 1 aromatic heterocycles. The average Bonchev–Trinajstić information content (AvgIpc) is 3.27. The van der Waals surface area contributed by atoms with Crippen LogP contribution in [0.1, 0.15) is 17.7 Å². The summed E-state index contributed by atoms with van der Waals surface area (Å²) in [6.45, 7) is 1.52. The molecule has 1 unspecified atom stereocenters. The highest BCUT2D eigenvalue weighted by atomic mass is 16.5. The van der Waals surface area contributed by atoms with Crippen molar-refractivity contribution in [1.29, 1.82) is 0 Å². The van der Waals surface area contributed by atoms with Crippen molar-refractivity contribution in [3.05, 3.63) is 41.8 Å². The molecule has 130 valence electrons. The van der Waals surface area contributed by atoms with Crippen molar-refractivity contribution in [2.75, 3.05) is 25.1 Å². The molecule has 0 spiro atoms. The van der Waals surface area contributed by atoms with Gasteiger partial charge >= 0.3 is 0 Å². The molecule has 0 bridgehead atoms. The van der Waals surface area contributed by atoms with Gasteiger partial charge in [0, 0.05) is 37.2 Å². The predicted molar refractivity (Wildman–Crippen MR) is 89.1 cm³/mol. The molecule has 1 fully saturated rings. The van der Waals surface area contributed by atoms with E-state index in [-0.39, 0.29) is 24.2 Å². The van der Waals surface area contributed by atoms with Gasteiger partial charge in [0.25, 0.3) is 0 Å². The maximum Gasteiger partial charge on any atom is 0.228 e. The second-order valence-electron chi connectivity index (χ2n) is 6.39. The van der Waals surface area contributed by atoms with E-state index >= 15 is 0 Å². The fraction of sp³-hybridized carbons (Fsp3) is 0.389. The predicted octanol–water partition coefficient (Wildman–Crippen LogP) is 1.62. The van der Waals surface area contributed by atoms with Gasteiger partial charge < -0.3 is 19.1 Å². The highest BCUT2D eigenvalue weighted by molar-refractivity contribution is 6.00. The number of amides is 2. The zero-order chi connectivity index (χ0) is 17.4. The van der Waals surface area contributed by atoms with Crippen molar-refractivity contribution >= 4 is 17.5 Å². The van der Waals surface area contributed by atoms with E-state index in [9.17, 15) is 9.59 Å². The molecule has 0 aliphatic carbocycles. The van der Waals surface area contributed by atoms with Gasteiger partial charge in [0.05, 0.1) is 25.8 Å². The molecule has 1 atom stereocenters. The van der Waals surface area contributed by atoms with Gasteiger partial charge in [0.1, 0.15) is 11.5 Å². The first-order valence-electron chi connectivity index (χ1n) is 8.31. The molecule has 3 heterocycles. The Morgan fingerprint density at radius 2 is 2.12 bits per heavy atom. The molecule has 0 radical (unpaired) electrons. The van der Waals surface area contributed by atoms with Crippen LogP contribution >= 0.6 is 0 Å². The van der Waals surface area contributed by atoms with Gasteiger partial charge in [-0.1, -0.05) is 5.16 Å². The Morgan fingerprint density at radius 3 is 2.88 bits per heavy atom. The van der Waals surface area contributed by atoms with Gasteiger partial charge in [-0.05, 0) is 24.3 Å². The van der Waals surface area contributed by atoms with Crippen LogP contribution in [0.4, 0.5) is 5.69 Å². The van der Waals surface area contributed by atoms with Crippen LogP contribution in [0.2, 0.25) is 0 Å². The highest BCUT2D eigenvalue weighted by Gasteiger charge is 2.38. The molecular weight excluding hydrogens is 322 g/mol. The maximum absolute atomic E-state index is 12.8. The average molecular weight is 341 g/mol. The molecular formula is C18H19N3O4. The number of benzene rings is 1. The lowest BCUT2D eigenvalue weighted by Crippen LogP contribution is -2.40. The van der Waals surface area contributed by atoms with Crippen LogP contribution in [-0.2, 0) is 22.6 Å². The van der Waals surface area contributed by atoms with E-state index in [4.69, 9.17) is 9.26 Å². The zero-order valence-electron chi connectivity index (χ0n) is 14.0. The fourth-order valence-electron chi connectivity index (χ4n) is 3.47. The summed E-state index contributed by atoms with van der Waals surface area (Å²) in [6.07, 6.45) is 2.58. The number of carbonyl (C=O) groups is 2. The summed E-state index contributed by atoms with van der Waals surface area (Å²) in [5.41, 5.74) is 1.75. The number of hydrogen-bond acceptors (Lipinski definition) is 5. The molecule has 0 saturated carbocycles. The summed E-state index contributed by atoms with van der Waals surface area (Å²) in [4.78, 5) is 28.7. The first-order chi connectivity index (χ1) is 12.2. The van der Waals surface area contributed by atoms with E-state index in [0.717, 1.165) is 22.8 Å². The first-order valence-corrected chi connectivity index (χ1v) is 8.31. The van der Waals surface area contributed by atoms with Gasteiger partial charge in [0.15, 0.2) is 0 Å². The Morgan fingerprint density at radius 1 is 1.32 bits per heavy atom. The summed E-state index contributed by atoms with van der Waals surface area (Å²) < 4.78 is 10.3. The number of carbonyl (C=O) groups excluding carboxylic acids is 2. The monoisotopic (exact) mass is 341 g/mol. The lowest BCUT2D eigenvalue weighted by atomic mass is 10.0. The first kappa shape index (κ1) is 15.7. The number of fused-ring (bicyclic) bond motifs is 1. The number of methoxy groups -OCH3 is 1. The molecule has 2 amide bonds. The minimum Gasteiger partial charge on any atom is -0.497 e. The quantitative estimate of drug-likeness (QED) is 0.848. The van der Waals surface area contributed by atoms with E-state index in [2.05, 4.69) is 5.16 Å². The molecule has 1 aromatic carbocycles. The number of rotatable bonds is 3. The van der Waals surface area contributed by atoms with Crippen molar-refractivity contribution in [1.82, 2.24) is 10.1 Å².